The van der Waals surface area contributed by atoms with Gasteiger partial charge in [-0.2, -0.15) is 5.26 Å². The van der Waals surface area contributed by atoms with Gasteiger partial charge in [-0.05, 0) is 179 Å². The first-order valence-electron chi connectivity index (χ1n) is 20.8. The van der Waals surface area contributed by atoms with E-state index in [1.807, 2.05) is 24.3 Å². The molecule has 11 rings (SSSR count). The van der Waals surface area contributed by atoms with Crippen molar-refractivity contribution in [3.05, 3.63) is 183 Å². The summed E-state index contributed by atoms with van der Waals surface area (Å²) in [6.45, 7) is 26.3. The van der Waals surface area contributed by atoms with Gasteiger partial charge >= 0.3 is 0 Å². The van der Waals surface area contributed by atoms with Crippen LogP contribution in [0.15, 0.2) is 121 Å². The van der Waals surface area contributed by atoms with Crippen LogP contribution >= 0.6 is 0 Å². The largest absolute Gasteiger partial charge is 0.238 e. The summed E-state index contributed by atoms with van der Waals surface area (Å²) in [5, 5.41) is 14.7. The molecule has 0 N–H and O–H groups in total. The summed E-state index contributed by atoms with van der Waals surface area (Å²) in [5.74, 6) is 0. The van der Waals surface area contributed by atoms with Crippen LogP contribution in [0.25, 0.3) is 82.0 Å². The second-order valence-corrected chi connectivity index (χ2v) is 18.8. The zero-order valence-corrected chi connectivity index (χ0v) is 34.9. The van der Waals surface area contributed by atoms with Gasteiger partial charge in [-0.25, -0.2) is 4.85 Å². The summed E-state index contributed by atoms with van der Waals surface area (Å²) in [5.41, 5.74) is 24.2. The molecule has 0 unspecified atom stereocenters. The molecule has 0 fully saturated rings. The molecule has 2 nitrogen and oxygen atoms in total. The van der Waals surface area contributed by atoms with E-state index in [9.17, 15) is 5.26 Å². The molecule has 0 radical (unpaired) electrons. The monoisotopic (exact) mass is 756 g/mol. The van der Waals surface area contributed by atoms with Crippen LogP contribution in [-0.2, 0) is 16.2 Å². The van der Waals surface area contributed by atoms with Gasteiger partial charge in [-0.1, -0.05) is 120 Å². The molecule has 0 aliphatic heterocycles. The lowest BCUT2D eigenvalue weighted by Gasteiger charge is -2.25. The van der Waals surface area contributed by atoms with Crippen LogP contribution in [0.3, 0.4) is 0 Å². The Morgan fingerprint density at radius 3 is 1.25 bits per heavy atom. The average Bonchev–Trinajstić information content (AvgIpc) is 3.70. The molecular weight excluding hydrogens is 713 g/mol. The minimum atomic E-state index is -0.224. The van der Waals surface area contributed by atoms with Crippen LogP contribution < -0.4 is 0 Å². The number of nitrogens with zero attached hydrogens (tertiary/aromatic N) is 2. The summed E-state index contributed by atoms with van der Waals surface area (Å²) >= 11 is 0. The fraction of sp³-hybridized carbons (Fsp3) is 0.193. The SMILES string of the molecule is [C-]#[N+]c1ccc(-c2cc3c(c4ccccc24)-c2cc4c(cc2C3(C)C)-c2cc3c(cc2C4(C)C)-c2c(cc(-c4ccc(C#N)cc4C)c4ccccc24)C3(C)C)c(C)c1. The maximum absolute atomic E-state index is 9.62. The van der Waals surface area contributed by atoms with E-state index in [1.54, 1.807) is 0 Å². The Hall–Kier alpha value is -6.74. The van der Waals surface area contributed by atoms with Crippen LogP contribution in [0.1, 0.15) is 91.6 Å². The standard InChI is InChI=1S/C57H44N2/c1-31-22-33(30-58)18-20-35(31)41-24-51-53(39-16-12-10-14-37(39)41)45-28-47-43(26-49(45)56(51,5)6)44-27-50-46(29-48(44)55(47,3)4)54-40-17-13-11-15-38(40)42(25-52(54)57(50,7)8)36-21-19-34(59-9)23-32(36)2/h10-29H,1-8H3. The Labute approximate surface area is 347 Å². The number of hydrogen-bond donors (Lipinski definition) is 0. The van der Waals surface area contributed by atoms with Gasteiger partial charge < -0.3 is 0 Å². The first-order chi connectivity index (χ1) is 28.2. The van der Waals surface area contributed by atoms with E-state index in [2.05, 4.69) is 163 Å². The van der Waals surface area contributed by atoms with Gasteiger partial charge in [0.15, 0.2) is 5.69 Å². The lowest BCUT2D eigenvalue weighted by molar-refractivity contribution is 0.649. The maximum Gasteiger partial charge on any atom is 0.187 e. The molecule has 0 saturated carbocycles. The van der Waals surface area contributed by atoms with Gasteiger partial charge in [0.25, 0.3) is 0 Å². The van der Waals surface area contributed by atoms with Crippen molar-refractivity contribution >= 4 is 27.2 Å². The summed E-state index contributed by atoms with van der Waals surface area (Å²) in [6, 6.07) is 47.4. The quantitative estimate of drug-likeness (QED) is 0.161. The Morgan fingerprint density at radius 2 is 0.814 bits per heavy atom. The lowest BCUT2D eigenvalue weighted by atomic mass is 9.78. The van der Waals surface area contributed by atoms with Gasteiger partial charge in [0, 0.05) is 16.2 Å². The number of benzene rings is 8. The molecule has 59 heavy (non-hydrogen) atoms. The molecule has 0 heterocycles. The minimum Gasteiger partial charge on any atom is -0.238 e. The molecule has 0 bridgehead atoms. The third-order valence-corrected chi connectivity index (χ3v) is 14.5. The van der Waals surface area contributed by atoms with E-state index in [-0.39, 0.29) is 16.2 Å². The maximum atomic E-state index is 9.62. The van der Waals surface area contributed by atoms with E-state index in [4.69, 9.17) is 6.57 Å². The second-order valence-electron chi connectivity index (χ2n) is 18.8. The number of hydrogen-bond acceptors (Lipinski definition) is 1. The Bertz CT molecular complexity index is 3110. The highest BCUT2D eigenvalue weighted by Crippen LogP contribution is 2.61. The molecule has 0 atom stereocenters. The predicted octanol–water partition coefficient (Wildman–Crippen LogP) is 15.3. The fourth-order valence-corrected chi connectivity index (χ4v) is 11.4. The molecule has 3 aliphatic carbocycles. The van der Waals surface area contributed by atoms with Gasteiger partial charge in [0.1, 0.15) is 0 Å². The highest BCUT2D eigenvalue weighted by atomic mass is 14.6. The zero-order valence-electron chi connectivity index (χ0n) is 34.9. The normalized spacial score (nSPS) is 15.5. The topological polar surface area (TPSA) is 28.1 Å². The van der Waals surface area contributed by atoms with Crippen molar-refractivity contribution in [3.8, 4) is 61.7 Å². The third kappa shape index (κ3) is 4.55. The van der Waals surface area contributed by atoms with Crippen LogP contribution in [0.5, 0.6) is 0 Å². The summed E-state index contributed by atoms with van der Waals surface area (Å²) in [4.78, 5) is 3.71. The highest BCUT2D eigenvalue weighted by Gasteiger charge is 2.45. The zero-order chi connectivity index (χ0) is 40.9. The lowest BCUT2D eigenvalue weighted by Crippen LogP contribution is -2.17. The molecule has 0 aromatic heterocycles. The van der Waals surface area contributed by atoms with Crippen molar-refractivity contribution in [1.29, 1.82) is 5.26 Å². The summed E-state index contributed by atoms with van der Waals surface area (Å²) < 4.78 is 0. The third-order valence-electron chi connectivity index (χ3n) is 14.5. The summed E-state index contributed by atoms with van der Waals surface area (Å²) in [7, 11) is 0. The first-order valence-corrected chi connectivity index (χ1v) is 20.8. The number of aryl methyl sites for hydroxylation is 2. The molecule has 0 spiro atoms. The molecule has 2 heteroatoms. The molecular formula is C57H44N2. The van der Waals surface area contributed by atoms with Crippen LogP contribution in [-0.4, -0.2) is 0 Å². The molecule has 282 valence electrons. The minimum absolute atomic E-state index is 0.207. The number of nitriles is 1. The van der Waals surface area contributed by atoms with E-state index in [1.165, 1.54) is 111 Å². The predicted molar refractivity (Wildman–Crippen MR) is 245 cm³/mol. The van der Waals surface area contributed by atoms with Gasteiger partial charge in [0.05, 0.1) is 18.2 Å². The van der Waals surface area contributed by atoms with Crippen molar-refractivity contribution in [1.82, 2.24) is 0 Å². The summed E-state index contributed by atoms with van der Waals surface area (Å²) in [6.07, 6.45) is 0. The van der Waals surface area contributed by atoms with E-state index in [0.717, 1.165) is 11.1 Å². The number of fused-ring (bicyclic) bond motifs is 13. The fourth-order valence-electron chi connectivity index (χ4n) is 11.4. The highest BCUT2D eigenvalue weighted by molar-refractivity contribution is 6.12. The molecule has 0 saturated heterocycles. The van der Waals surface area contributed by atoms with Crippen LogP contribution in [0.2, 0.25) is 0 Å². The van der Waals surface area contributed by atoms with E-state index < -0.39 is 0 Å². The second kappa shape index (κ2) is 11.7. The van der Waals surface area contributed by atoms with Crippen molar-refractivity contribution in [2.45, 2.75) is 71.6 Å². The smallest absolute Gasteiger partial charge is 0.187 e. The number of rotatable bonds is 2. The average molecular weight is 757 g/mol. The Balaban J connectivity index is 1.11. The molecule has 8 aromatic rings. The van der Waals surface area contributed by atoms with Gasteiger partial charge in [0.2, 0.25) is 0 Å². The van der Waals surface area contributed by atoms with Crippen molar-refractivity contribution < 1.29 is 0 Å². The molecule has 0 amide bonds. The van der Waals surface area contributed by atoms with Crippen LogP contribution in [0, 0.1) is 31.8 Å². The molecule has 8 aromatic carbocycles. The van der Waals surface area contributed by atoms with Crippen molar-refractivity contribution in [2.75, 3.05) is 0 Å². The van der Waals surface area contributed by atoms with E-state index >= 15 is 0 Å². The van der Waals surface area contributed by atoms with E-state index in [0.29, 0.717) is 11.3 Å². The van der Waals surface area contributed by atoms with Crippen molar-refractivity contribution in [3.63, 3.8) is 0 Å². The Kier molecular flexibility index (Phi) is 7.02. The first kappa shape index (κ1) is 35.4. The Morgan fingerprint density at radius 1 is 0.424 bits per heavy atom. The van der Waals surface area contributed by atoms with Crippen LogP contribution in [0.4, 0.5) is 5.69 Å². The van der Waals surface area contributed by atoms with Gasteiger partial charge in [-0.3, -0.25) is 0 Å². The van der Waals surface area contributed by atoms with Gasteiger partial charge in [-0.15, -0.1) is 0 Å². The van der Waals surface area contributed by atoms with Crippen molar-refractivity contribution in [2.24, 2.45) is 0 Å². The molecule has 3 aliphatic rings.